The van der Waals surface area contributed by atoms with Crippen LogP contribution in [0.4, 0.5) is 4.79 Å². The molecule has 0 rings (SSSR count). The van der Waals surface area contributed by atoms with E-state index in [1.54, 1.807) is 27.0 Å². The van der Waals surface area contributed by atoms with Gasteiger partial charge in [-0.05, 0) is 27.0 Å². The Morgan fingerprint density at radius 1 is 1.38 bits per heavy atom. The first-order chi connectivity index (χ1) is 7.28. The Balaban J connectivity index is 4.12. The first-order valence-electron chi connectivity index (χ1n) is 4.87. The SMILES string of the molecule is COC(=O)CC(NC(=O)OC(C)(C)C)SC. The van der Waals surface area contributed by atoms with Crippen molar-refractivity contribution in [1.82, 2.24) is 5.32 Å². The van der Waals surface area contributed by atoms with E-state index in [2.05, 4.69) is 10.1 Å². The van der Waals surface area contributed by atoms with Crippen LogP contribution >= 0.6 is 11.8 Å². The molecular weight excluding hydrogens is 230 g/mol. The molecule has 0 aliphatic carbocycles. The molecule has 0 aromatic heterocycles. The molecule has 1 N–H and O–H groups in total. The van der Waals surface area contributed by atoms with E-state index in [-0.39, 0.29) is 17.8 Å². The molecule has 0 radical (unpaired) electrons. The molecule has 16 heavy (non-hydrogen) atoms. The molecule has 0 heterocycles. The normalized spacial score (nSPS) is 12.8. The van der Waals surface area contributed by atoms with E-state index in [9.17, 15) is 9.59 Å². The number of ether oxygens (including phenoxy) is 2. The zero-order valence-electron chi connectivity index (χ0n) is 10.3. The van der Waals surface area contributed by atoms with Gasteiger partial charge in [-0.2, -0.15) is 0 Å². The molecule has 1 amide bonds. The number of alkyl carbamates (subject to hydrolysis) is 1. The van der Waals surface area contributed by atoms with Gasteiger partial charge in [0, 0.05) is 0 Å². The number of esters is 1. The van der Waals surface area contributed by atoms with Gasteiger partial charge in [0.1, 0.15) is 5.60 Å². The summed E-state index contributed by atoms with van der Waals surface area (Å²) in [5, 5.41) is 2.26. The maximum atomic E-state index is 11.4. The second-order valence-corrected chi connectivity index (χ2v) is 5.19. The molecule has 0 aromatic rings. The number of hydrogen-bond acceptors (Lipinski definition) is 5. The zero-order valence-corrected chi connectivity index (χ0v) is 11.1. The summed E-state index contributed by atoms with van der Waals surface area (Å²) >= 11 is 1.36. The Hall–Kier alpha value is -0.910. The summed E-state index contributed by atoms with van der Waals surface area (Å²) in [5.41, 5.74) is -0.543. The molecule has 0 fully saturated rings. The number of nitrogens with one attached hydrogen (secondary N) is 1. The number of methoxy groups -OCH3 is 1. The van der Waals surface area contributed by atoms with Crippen molar-refractivity contribution < 1.29 is 19.1 Å². The van der Waals surface area contributed by atoms with Crippen molar-refractivity contribution in [2.45, 2.75) is 38.2 Å². The maximum Gasteiger partial charge on any atom is 0.408 e. The van der Waals surface area contributed by atoms with Crippen LogP contribution in [0.25, 0.3) is 0 Å². The van der Waals surface area contributed by atoms with Gasteiger partial charge in [-0.1, -0.05) is 0 Å². The van der Waals surface area contributed by atoms with Crippen molar-refractivity contribution >= 4 is 23.8 Å². The van der Waals surface area contributed by atoms with E-state index in [1.165, 1.54) is 18.9 Å². The van der Waals surface area contributed by atoms with Crippen LogP contribution in [0.3, 0.4) is 0 Å². The quantitative estimate of drug-likeness (QED) is 0.607. The van der Waals surface area contributed by atoms with E-state index in [0.717, 1.165) is 0 Å². The molecule has 0 bridgehead atoms. The first-order valence-corrected chi connectivity index (χ1v) is 6.16. The highest BCUT2D eigenvalue weighted by molar-refractivity contribution is 7.99. The van der Waals surface area contributed by atoms with Crippen molar-refractivity contribution in [2.75, 3.05) is 13.4 Å². The van der Waals surface area contributed by atoms with Gasteiger partial charge in [-0.15, -0.1) is 11.8 Å². The molecule has 94 valence electrons. The minimum absolute atomic E-state index is 0.122. The number of thioether (sulfide) groups is 1. The summed E-state index contributed by atoms with van der Waals surface area (Å²) in [6.07, 6.45) is 1.39. The summed E-state index contributed by atoms with van der Waals surface area (Å²) in [7, 11) is 1.31. The molecule has 0 saturated heterocycles. The van der Waals surface area contributed by atoms with Crippen LogP contribution < -0.4 is 5.32 Å². The summed E-state index contributed by atoms with van der Waals surface area (Å²) in [5.74, 6) is -0.365. The molecular formula is C10H19NO4S. The second kappa shape index (κ2) is 6.62. The molecule has 0 aliphatic heterocycles. The second-order valence-electron chi connectivity index (χ2n) is 4.15. The Morgan fingerprint density at radius 3 is 2.31 bits per heavy atom. The molecule has 0 saturated carbocycles. The highest BCUT2D eigenvalue weighted by Gasteiger charge is 2.20. The molecule has 5 nitrogen and oxygen atoms in total. The van der Waals surface area contributed by atoms with Gasteiger partial charge in [-0.25, -0.2) is 4.79 Å². The number of carbonyl (C=O) groups excluding carboxylic acids is 2. The van der Waals surface area contributed by atoms with Gasteiger partial charge in [0.05, 0.1) is 18.9 Å². The van der Waals surface area contributed by atoms with E-state index < -0.39 is 11.7 Å². The molecule has 1 unspecified atom stereocenters. The standard InChI is InChI=1S/C10H19NO4S/c1-10(2,3)15-9(13)11-7(16-5)6-8(12)14-4/h7H,6H2,1-5H3,(H,11,13). The van der Waals surface area contributed by atoms with E-state index in [4.69, 9.17) is 4.74 Å². The lowest BCUT2D eigenvalue weighted by atomic mass is 10.2. The fourth-order valence-electron chi connectivity index (χ4n) is 0.867. The Kier molecular flexibility index (Phi) is 6.25. The smallest absolute Gasteiger partial charge is 0.408 e. The van der Waals surface area contributed by atoms with E-state index >= 15 is 0 Å². The van der Waals surface area contributed by atoms with Crippen molar-refractivity contribution in [3.05, 3.63) is 0 Å². The molecule has 0 spiro atoms. The zero-order chi connectivity index (χ0) is 12.8. The predicted octanol–water partition coefficient (Wildman–Crippen LogP) is 1.76. The molecule has 1 atom stereocenters. The number of rotatable bonds is 4. The summed E-state index contributed by atoms with van der Waals surface area (Å²) in [4.78, 5) is 22.4. The molecule has 0 aromatic carbocycles. The van der Waals surface area contributed by atoms with Gasteiger partial charge < -0.3 is 14.8 Å². The minimum Gasteiger partial charge on any atom is -0.469 e. The molecule has 0 aliphatic rings. The van der Waals surface area contributed by atoms with Crippen LogP contribution in [0.5, 0.6) is 0 Å². The largest absolute Gasteiger partial charge is 0.469 e. The summed E-state index contributed by atoms with van der Waals surface area (Å²) in [6.45, 7) is 5.34. The minimum atomic E-state index is -0.543. The predicted molar refractivity (Wildman–Crippen MR) is 63.3 cm³/mol. The van der Waals surface area contributed by atoms with E-state index in [0.29, 0.717) is 0 Å². The highest BCUT2D eigenvalue weighted by atomic mass is 32.2. The van der Waals surface area contributed by atoms with Crippen LogP contribution in [-0.4, -0.2) is 36.4 Å². The van der Waals surface area contributed by atoms with Gasteiger partial charge in [0.15, 0.2) is 0 Å². The third kappa shape index (κ3) is 7.39. The fourth-order valence-corrected chi connectivity index (χ4v) is 1.38. The summed E-state index contributed by atoms with van der Waals surface area (Å²) < 4.78 is 9.59. The Morgan fingerprint density at radius 2 is 1.94 bits per heavy atom. The lowest BCUT2D eigenvalue weighted by molar-refractivity contribution is -0.140. The highest BCUT2D eigenvalue weighted by Crippen LogP contribution is 2.11. The van der Waals surface area contributed by atoms with Gasteiger partial charge >= 0.3 is 12.1 Å². The van der Waals surface area contributed by atoms with Crippen LogP contribution in [0.15, 0.2) is 0 Å². The lowest BCUT2D eigenvalue weighted by Crippen LogP contribution is -2.38. The first kappa shape index (κ1) is 15.1. The number of carbonyl (C=O) groups is 2. The summed E-state index contributed by atoms with van der Waals surface area (Å²) in [6, 6.07) is 0. The average Bonchev–Trinajstić information content (AvgIpc) is 2.13. The van der Waals surface area contributed by atoms with Crippen molar-refractivity contribution in [1.29, 1.82) is 0 Å². The Labute approximate surface area is 100 Å². The van der Waals surface area contributed by atoms with Gasteiger partial charge in [-0.3, -0.25) is 4.79 Å². The van der Waals surface area contributed by atoms with Crippen molar-refractivity contribution in [2.24, 2.45) is 0 Å². The lowest BCUT2D eigenvalue weighted by Gasteiger charge is -2.22. The Bertz CT molecular complexity index is 250. The van der Waals surface area contributed by atoms with Crippen LogP contribution in [0, 0.1) is 0 Å². The van der Waals surface area contributed by atoms with Gasteiger partial charge in [0.25, 0.3) is 0 Å². The van der Waals surface area contributed by atoms with Crippen molar-refractivity contribution in [3.63, 3.8) is 0 Å². The fraction of sp³-hybridized carbons (Fsp3) is 0.800. The average molecular weight is 249 g/mol. The van der Waals surface area contributed by atoms with Crippen LogP contribution in [-0.2, 0) is 14.3 Å². The topological polar surface area (TPSA) is 64.6 Å². The van der Waals surface area contributed by atoms with E-state index in [1.807, 2.05) is 0 Å². The maximum absolute atomic E-state index is 11.4. The monoisotopic (exact) mass is 249 g/mol. The number of hydrogen-bond donors (Lipinski definition) is 1. The van der Waals surface area contributed by atoms with Crippen molar-refractivity contribution in [3.8, 4) is 0 Å². The van der Waals surface area contributed by atoms with Crippen LogP contribution in [0.1, 0.15) is 27.2 Å². The number of amides is 1. The third-order valence-electron chi connectivity index (χ3n) is 1.54. The molecule has 6 heteroatoms. The third-order valence-corrected chi connectivity index (χ3v) is 2.40. The van der Waals surface area contributed by atoms with Gasteiger partial charge in [0.2, 0.25) is 0 Å². The van der Waals surface area contributed by atoms with Crippen LogP contribution in [0.2, 0.25) is 0 Å².